The lowest BCUT2D eigenvalue weighted by atomic mass is 9.76. The van der Waals surface area contributed by atoms with Crippen LogP contribution in [-0.2, 0) is 10.8 Å². The molecule has 1 aromatic heterocycles. The van der Waals surface area contributed by atoms with E-state index in [2.05, 4.69) is 208 Å². The van der Waals surface area contributed by atoms with E-state index in [1.807, 2.05) is 0 Å². The van der Waals surface area contributed by atoms with Crippen LogP contribution >= 0.6 is 0 Å². The Balaban J connectivity index is 1.14. The average Bonchev–Trinajstić information content (AvgIpc) is 3.88. The van der Waals surface area contributed by atoms with E-state index < -0.39 is 0 Å². The molecular formula is C58H41N. The maximum atomic E-state index is 2.52. The first kappa shape index (κ1) is 33.1. The van der Waals surface area contributed by atoms with E-state index >= 15 is 0 Å². The quantitative estimate of drug-likeness (QED) is 0.157. The number of benzene rings is 8. The summed E-state index contributed by atoms with van der Waals surface area (Å²) in [7, 11) is 0. The van der Waals surface area contributed by atoms with Crippen LogP contribution in [0.25, 0.3) is 84.2 Å². The van der Waals surface area contributed by atoms with Crippen LogP contribution in [0.15, 0.2) is 164 Å². The normalized spacial score (nSPS) is 16.8. The fourth-order valence-electron chi connectivity index (χ4n) is 11.6. The zero-order chi connectivity index (χ0) is 39.4. The second kappa shape index (κ2) is 11.4. The highest BCUT2D eigenvalue weighted by Gasteiger charge is 2.42. The lowest BCUT2D eigenvalue weighted by molar-refractivity contribution is 0.659. The van der Waals surface area contributed by atoms with Crippen molar-refractivity contribution in [3.8, 4) is 39.1 Å². The second-order valence-electron chi connectivity index (χ2n) is 18.0. The van der Waals surface area contributed by atoms with Gasteiger partial charge >= 0.3 is 0 Å². The Morgan fingerprint density at radius 3 is 1.76 bits per heavy atom. The maximum absolute atomic E-state index is 2.52. The lowest BCUT2D eigenvalue weighted by Gasteiger charge is -2.26. The molecule has 59 heavy (non-hydrogen) atoms. The first-order chi connectivity index (χ1) is 28.8. The highest BCUT2D eigenvalue weighted by atomic mass is 15.0. The smallest absolute Gasteiger partial charge is 0.0547 e. The van der Waals surface area contributed by atoms with Crippen LogP contribution in [0.3, 0.4) is 0 Å². The van der Waals surface area contributed by atoms with E-state index in [0.29, 0.717) is 0 Å². The first-order valence-electron chi connectivity index (χ1n) is 21.0. The number of rotatable bonds is 1. The minimum atomic E-state index is -0.172. The fourth-order valence-corrected chi connectivity index (χ4v) is 11.6. The topological polar surface area (TPSA) is 4.93 Å². The third-order valence-electron chi connectivity index (χ3n) is 14.3. The van der Waals surface area contributed by atoms with Gasteiger partial charge < -0.3 is 4.57 Å². The van der Waals surface area contributed by atoms with Gasteiger partial charge in [-0.2, -0.15) is 0 Å². The molecule has 0 N–H and O–H groups in total. The zero-order valence-corrected chi connectivity index (χ0v) is 33.7. The number of hydrogen-bond donors (Lipinski definition) is 0. The molecule has 4 aliphatic carbocycles. The van der Waals surface area contributed by atoms with E-state index in [-0.39, 0.29) is 10.8 Å². The largest absolute Gasteiger partial charge is 0.309 e. The molecule has 0 saturated heterocycles. The van der Waals surface area contributed by atoms with Crippen molar-refractivity contribution in [3.05, 3.63) is 219 Å². The third kappa shape index (κ3) is 4.20. The van der Waals surface area contributed by atoms with Crippen molar-refractivity contribution in [2.24, 2.45) is 0 Å². The summed E-state index contributed by atoms with van der Waals surface area (Å²) in [5.41, 5.74) is 27.4. The molecule has 0 spiro atoms. The van der Waals surface area contributed by atoms with E-state index in [1.165, 1.54) is 128 Å². The molecular weight excluding hydrogens is 711 g/mol. The maximum Gasteiger partial charge on any atom is 0.0547 e. The van der Waals surface area contributed by atoms with Gasteiger partial charge in [0.05, 0.1) is 11.0 Å². The van der Waals surface area contributed by atoms with Crippen LogP contribution in [0.5, 0.6) is 0 Å². The van der Waals surface area contributed by atoms with Crippen LogP contribution in [0, 0.1) is 0 Å². The average molecular weight is 752 g/mol. The van der Waals surface area contributed by atoms with Crippen molar-refractivity contribution < 1.29 is 0 Å². The standard InChI is InChI=1S/C58H41N/c1-57(2)48-22-12-10-19-40(48)46-33-52-47(32-50(46)57)41-20-11-14-24-51(41)59(52)36-28-27-35-26-25-34-15-5-6-16-37(34)53(45(35)31-36)54-42-21-8-7-17-38(42)43-29-30-44-39-18-9-13-23-49(39)58(3,4)56(44)55(43)54/h5-33H,1-4H3/b54-53+. The van der Waals surface area contributed by atoms with E-state index in [1.54, 1.807) is 0 Å². The Bertz CT molecular complexity index is 3430. The third-order valence-corrected chi connectivity index (χ3v) is 14.3. The highest BCUT2D eigenvalue weighted by Crippen LogP contribution is 2.59. The summed E-state index contributed by atoms with van der Waals surface area (Å²) in [5.74, 6) is 0. The lowest BCUT2D eigenvalue weighted by Crippen LogP contribution is -2.17. The minimum Gasteiger partial charge on any atom is -0.309 e. The number of fused-ring (bicyclic) bond motifs is 15. The summed E-state index contributed by atoms with van der Waals surface area (Å²) in [6, 6.07) is 62.1. The van der Waals surface area contributed by atoms with Crippen molar-refractivity contribution in [1.29, 1.82) is 0 Å². The van der Waals surface area contributed by atoms with Crippen molar-refractivity contribution in [1.82, 2.24) is 4.57 Å². The molecule has 0 radical (unpaired) electrons. The molecule has 0 fully saturated rings. The summed E-state index contributed by atoms with van der Waals surface area (Å²) in [6.45, 7) is 9.61. The van der Waals surface area contributed by atoms with Crippen molar-refractivity contribution in [3.63, 3.8) is 0 Å². The van der Waals surface area contributed by atoms with Crippen LogP contribution < -0.4 is 0 Å². The second-order valence-corrected chi connectivity index (χ2v) is 18.0. The minimum absolute atomic E-state index is 0.0713. The summed E-state index contributed by atoms with van der Waals surface area (Å²) < 4.78 is 2.52. The predicted octanol–water partition coefficient (Wildman–Crippen LogP) is 14.9. The van der Waals surface area contributed by atoms with E-state index in [0.717, 1.165) is 0 Å². The molecule has 278 valence electrons. The summed E-state index contributed by atoms with van der Waals surface area (Å²) in [6.07, 6.45) is 4.65. The Hall–Kier alpha value is -6.96. The molecule has 8 aromatic carbocycles. The van der Waals surface area contributed by atoms with Gasteiger partial charge in [0.1, 0.15) is 0 Å². The van der Waals surface area contributed by atoms with Gasteiger partial charge in [0.2, 0.25) is 0 Å². The molecule has 0 saturated carbocycles. The molecule has 1 heterocycles. The molecule has 1 heteroatoms. The molecule has 0 atom stereocenters. The number of aromatic nitrogens is 1. The monoisotopic (exact) mass is 751 g/mol. The Morgan fingerprint density at radius 1 is 0.356 bits per heavy atom. The SMILES string of the molecule is CC1(C)c2ccccc2-c2cc3c(cc21)c1ccccc1n3-c1ccc2c(c1)/C(=C1\c3ccccc3-c3ccc4c(c31)C(C)(C)c1ccccc1-4)c1ccccc1C=C2. The molecule has 4 aliphatic rings. The van der Waals surface area contributed by atoms with Crippen LogP contribution in [0.4, 0.5) is 0 Å². The van der Waals surface area contributed by atoms with E-state index in [4.69, 9.17) is 0 Å². The van der Waals surface area contributed by atoms with E-state index in [9.17, 15) is 0 Å². The van der Waals surface area contributed by atoms with Gasteiger partial charge in [0.25, 0.3) is 0 Å². The van der Waals surface area contributed by atoms with Crippen LogP contribution in [0.2, 0.25) is 0 Å². The summed E-state index contributed by atoms with van der Waals surface area (Å²) >= 11 is 0. The molecule has 1 nitrogen and oxygen atoms in total. The highest BCUT2D eigenvalue weighted by molar-refractivity contribution is 6.18. The number of nitrogens with zero attached hydrogens (tertiary/aromatic N) is 1. The molecule has 0 aliphatic heterocycles. The first-order valence-corrected chi connectivity index (χ1v) is 21.0. The molecule has 9 aromatic rings. The number of hydrogen-bond acceptors (Lipinski definition) is 0. The van der Waals surface area contributed by atoms with Gasteiger partial charge in [-0.05, 0) is 130 Å². The van der Waals surface area contributed by atoms with Crippen molar-refractivity contribution in [2.45, 2.75) is 38.5 Å². The Kier molecular flexibility index (Phi) is 6.37. The van der Waals surface area contributed by atoms with Crippen LogP contribution in [-0.4, -0.2) is 4.57 Å². The zero-order valence-electron chi connectivity index (χ0n) is 33.7. The van der Waals surface area contributed by atoms with Crippen molar-refractivity contribution in [2.75, 3.05) is 0 Å². The van der Waals surface area contributed by atoms with Crippen molar-refractivity contribution >= 4 is 45.1 Å². The van der Waals surface area contributed by atoms with Gasteiger partial charge in [-0.25, -0.2) is 0 Å². The molecule has 0 amide bonds. The van der Waals surface area contributed by atoms with Gasteiger partial charge in [0.15, 0.2) is 0 Å². The summed E-state index contributed by atoms with van der Waals surface area (Å²) in [4.78, 5) is 0. The molecule has 13 rings (SSSR count). The van der Waals surface area contributed by atoms with Crippen LogP contribution in [0.1, 0.15) is 83.3 Å². The van der Waals surface area contributed by atoms with Gasteiger partial charge in [-0.15, -0.1) is 0 Å². The molecule has 0 bridgehead atoms. The summed E-state index contributed by atoms with van der Waals surface area (Å²) in [5, 5.41) is 2.59. The van der Waals surface area contributed by atoms with Gasteiger partial charge in [-0.1, -0.05) is 173 Å². The van der Waals surface area contributed by atoms with Gasteiger partial charge in [-0.3, -0.25) is 0 Å². The number of para-hydroxylation sites is 1. The Labute approximate surface area is 345 Å². The fraction of sp³-hybridized carbons (Fsp3) is 0.103. The Morgan fingerprint density at radius 2 is 0.966 bits per heavy atom. The predicted molar refractivity (Wildman–Crippen MR) is 248 cm³/mol. The van der Waals surface area contributed by atoms with Gasteiger partial charge in [0, 0.05) is 27.3 Å². The molecule has 0 unspecified atom stereocenters.